The third-order valence-corrected chi connectivity index (χ3v) is 2.43. The van der Waals surface area contributed by atoms with Crippen LogP contribution in [0.5, 0.6) is 0 Å². The molecule has 1 rings (SSSR count). The summed E-state index contributed by atoms with van der Waals surface area (Å²) >= 11 is 3.23. The van der Waals surface area contributed by atoms with Crippen molar-refractivity contribution in [2.24, 2.45) is 5.92 Å². The van der Waals surface area contributed by atoms with Crippen molar-refractivity contribution in [2.75, 3.05) is 11.9 Å². The summed E-state index contributed by atoms with van der Waals surface area (Å²) in [5, 5.41) is 11.4. The number of nitrogens with one attached hydrogen (secondary N) is 1. The zero-order valence-electron chi connectivity index (χ0n) is 7.72. The molecule has 1 aromatic carbocycles. The quantitative estimate of drug-likeness (QED) is 0.902. The lowest BCUT2D eigenvalue weighted by atomic mass is 10.2. The van der Waals surface area contributed by atoms with Gasteiger partial charge in [-0.3, -0.25) is 0 Å². The van der Waals surface area contributed by atoms with Crippen molar-refractivity contribution in [1.82, 2.24) is 0 Å². The van der Waals surface area contributed by atoms with Crippen LogP contribution in [0.25, 0.3) is 0 Å². The lowest BCUT2D eigenvalue weighted by Gasteiger charge is -2.10. The maximum atomic E-state index is 13.2. The fraction of sp³-hybridized carbons (Fsp3) is 0.300. The summed E-state index contributed by atoms with van der Waals surface area (Å²) in [6.07, 6.45) is 0. The van der Waals surface area contributed by atoms with Crippen molar-refractivity contribution in [3.63, 3.8) is 0 Å². The van der Waals surface area contributed by atoms with Gasteiger partial charge in [0.25, 0.3) is 0 Å². The highest BCUT2D eigenvalue weighted by atomic mass is 79.9. The van der Waals surface area contributed by atoms with Crippen molar-refractivity contribution < 1.29 is 4.39 Å². The molecule has 0 spiro atoms. The van der Waals surface area contributed by atoms with Gasteiger partial charge in [-0.05, 0) is 35.0 Å². The third kappa shape index (κ3) is 2.71. The van der Waals surface area contributed by atoms with Crippen LogP contribution in [0, 0.1) is 23.1 Å². The summed E-state index contributed by atoms with van der Waals surface area (Å²) in [6, 6.07) is 6.83. The fourth-order valence-corrected chi connectivity index (χ4v) is 1.45. The number of nitriles is 1. The van der Waals surface area contributed by atoms with Crippen LogP contribution in [0.4, 0.5) is 10.1 Å². The van der Waals surface area contributed by atoms with Gasteiger partial charge < -0.3 is 5.32 Å². The van der Waals surface area contributed by atoms with Gasteiger partial charge in [-0.1, -0.05) is 6.07 Å². The van der Waals surface area contributed by atoms with Crippen molar-refractivity contribution >= 4 is 21.6 Å². The van der Waals surface area contributed by atoms with E-state index in [9.17, 15) is 4.39 Å². The predicted octanol–water partition coefficient (Wildman–Crippen LogP) is 3.16. The molecule has 0 heterocycles. The molecule has 2 nitrogen and oxygen atoms in total. The van der Waals surface area contributed by atoms with Gasteiger partial charge in [0.05, 0.1) is 17.7 Å². The molecule has 1 atom stereocenters. The summed E-state index contributed by atoms with van der Waals surface area (Å²) in [7, 11) is 0. The second-order valence-electron chi connectivity index (χ2n) is 3.01. The minimum Gasteiger partial charge on any atom is -0.380 e. The molecule has 0 fully saturated rings. The predicted molar refractivity (Wildman–Crippen MR) is 57.4 cm³/mol. The van der Waals surface area contributed by atoms with Gasteiger partial charge in [-0.15, -0.1) is 0 Å². The molecule has 1 N–H and O–H groups in total. The molecule has 1 aromatic rings. The highest BCUT2D eigenvalue weighted by Crippen LogP contribution is 2.25. The number of benzene rings is 1. The summed E-state index contributed by atoms with van der Waals surface area (Å²) < 4.78 is 13.9. The SMILES string of the molecule is CC(C#N)CNc1c(F)cccc1Br. The Labute approximate surface area is 90.9 Å². The molecule has 0 aliphatic heterocycles. The number of anilines is 1. The molecule has 74 valence electrons. The Balaban J connectivity index is 2.72. The number of hydrogen-bond acceptors (Lipinski definition) is 2. The molecular weight excluding hydrogens is 247 g/mol. The van der Waals surface area contributed by atoms with E-state index in [1.165, 1.54) is 6.07 Å². The first-order chi connectivity index (χ1) is 6.65. The van der Waals surface area contributed by atoms with Gasteiger partial charge in [-0.25, -0.2) is 4.39 Å². The highest BCUT2D eigenvalue weighted by molar-refractivity contribution is 9.10. The largest absolute Gasteiger partial charge is 0.380 e. The van der Waals surface area contributed by atoms with E-state index in [-0.39, 0.29) is 11.7 Å². The number of nitrogens with zero attached hydrogens (tertiary/aromatic N) is 1. The highest BCUT2D eigenvalue weighted by Gasteiger charge is 2.06. The van der Waals surface area contributed by atoms with Crippen molar-refractivity contribution in [3.05, 3.63) is 28.5 Å². The number of rotatable bonds is 3. The topological polar surface area (TPSA) is 35.8 Å². The maximum absolute atomic E-state index is 13.2. The lowest BCUT2D eigenvalue weighted by Crippen LogP contribution is -2.10. The molecule has 0 aliphatic rings. The third-order valence-electron chi connectivity index (χ3n) is 1.77. The van der Waals surface area contributed by atoms with E-state index >= 15 is 0 Å². The minimum absolute atomic E-state index is 0.137. The summed E-state index contributed by atoms with van der Waals surface area (Å²) in [4.78, 5) is 0. The molecule has 0 amide bonds. The first-order valence-electron chi connectivity index (χ1n) is 4.22. The van der Waals surface area contributed by atoms with Crippen molar-refractivity contribution in [1.29, 1.82) is 5.26 Å². The summed E-state index contributed by atoms with van der Waals surface area (Å²) in [5.41, 5.74) is 0.412. The molecular formula is C10H10BrFN2. The Bertz CT molecular complexity index is 339. The van der Waals surface area contributed by atoms with Crippen LogP contribution in [0.1, 0.15) is 6.92 Å². The van der Waals surface area contributed by atoms with Crippen LogP contribution in [0.15, 0.2) is 22.7 Å². The molecule has 1 unspecified atom stereocenters. The van der Waals surface area contributed by atoms with Gasteiger partial charge in [0.2, 0.25) is 0 Å². The van der Waals surface area contributed by atoms with E-state index < -0.39 is 0 Å². The second kappa shape index (κ2) is 4.97. The Morgan fingerprint density at radius 3 is 2.93 bits per heavy atom. The monoisotopic (exact) mass is 256 g/mol. The molecule has 0 saturated heterocycles. The van der Waals surface area contributed by atoms with E-state index in [1.54, 1.807) is 19.1 Å². The second-order valence-corrected chi connectivity index (χ2v) is 3.86. The number of para-hydroxylation sites is 1. The molecule has 0 aliphatic carbocycles. The smallest absolute Gasteiger partial charge is 0.147 e. The lowest BCUT2D eigenvalue weighted by molar-refractivity contribution is 0.627. The fourth-order valence-electron chi connectivity index (χ4n) is 0.967. The zero-order chi connectivity index (χ0) is 10.6. The Kier molecular flexibility index (Phi) is 3.90. The van der Waals surface area contributed by atoms with Crippen LogP contribution in [-0.2, 0) is 0 Å². The summed E-state index contributed by atoms with van der Waals surface area (Å²) in [5.74, 6) is -0.453. The van der Waals surface area contributed by atoms with Crippen molar-refractivity contribution in [3.8, 4) is 6.07 Å². The maximum Gasteiger partial charge on any atom is 0.147 e. The molecule has 4 heteroatoms. The van der Waals surface area contributed by atoms with Crippen LogP contribution in [0.3, 0.4) is 0 Å². The zero-order valence-corrected chi connectivity index (χ0v) is 9.31. The number of hydrogen-bond donors (Lipinski definition) is 1. The number of halogens is 2. The Morgan fingerprint density at radius 2 is 2.36 bits per heavy atom. The van der Waals surface area contributed by atoms with E-state index in [0.29, 0.717) is 16.7 Å². The first-order valence-corrected chi connectivity index (χ1v) is 5.02. The standard InChI is InChI=1S/C10H10BrFN2/c1-7(5-13)6-14-10-8(11)3-2-4-9(10)12/h2-4,7,14H,6H2,1H3. The van der Waals surface area contributed by atoms with Gasteiger partial charge in [-0.2, -0.15) is 5.26 Å². The summed E-state index contributed by atoms with van der Waals surface area (Å²) in [6.45, 7) is 2.22. The molecule has 0 bridgehead atoms. The van der Waals surface area contributed by atoms with E-state index in [1.807, 2.05) is 0 Å². The van der Waals surface area contributed by atoms with Gasteiger partial charge in [0, 0.05) is 11.0 Å². The average Bonchev–Trinajstić information content (AvgIpc) is 2.16. The van der Waals surface area contributed by atoms with Gasteiger partial charge in [0.1, 0.15) is 5.82 Å². The average molecular weight is 257 g/mol. The molecule has 0 radical (unpaired) electrons. The van der Waals surface area contributed by atoms with Crippen LogP contribution >= 0.6 is 15.9 Å². The molecule has 14 heavy (non-hydrogen) atoms. The Hall–Kier alpha value is -1.08. The minimum atomic E-state index is -0.315. The normalized spacial score (nSPS) is 11.9. The van der Waals surface area contributed by atoms with Crippen LogP contribution in [0.2, 0.25) is 0 Å². The van der Waals surface area contributed by atoms with Gasteiger partial charge in [0.15, 0.2) is 0 Å². The van der Waals surface area contributed by atoms with Gasteiger partial charge >= 0.3 is 0 Å². The van der Waals surface area contributed by atoms with E-state index in [0.717, 1.165) is 0 Å². The molecule has 0 aromatic heterocycles. The molecule has 0 saturated carbocycles. The van der Waals surface area contributed by atoms with Crippen molar-refractivity contribution in [2.45, 2.75) is 6.92 Å². The van der Waals surface area contributed by atoms with Crippen LogP contribution in [-0.4, -0.2) is 6.54 Å². The van der Waals surface area contributed by atoms with E-state index in [2.05, 4.69) is 27.3 Å². The van der Waals surface area contributed by atoms with E-state index in [4.69, 9.17) is 5.26 Å². The van der Waals surface area contributed by atoms with Crippen LogP contribution < -0.4 is 5.32 Å². The first kappa shape index (κ1) is 11.0. The Morgan fingerprint density at radius 1 is 1.64 bits per heavy atom.